The zero-order chi connectivity index (χ0) is 22.0. The summed E-state index contributed by atoms with van der Waals surface area (Å²) in [6.07, 6.45) is 1.59. The first kappa shape index (κ1) is 21.2. The van der Waals surface area contributed by atoms with Crippen LogP contribution in [0.3, 0.4) is 0 Å². The van der Waals surface area contributed by atoms with Gasteiger partial charge in [0.1, 0.15) is 5.82 Å². The third-order valence-electron chi connectivity index (χ3n) is 4.52. The molecule has 0 atom stereocenters. The molecule has 9 heteroatoms. The number of nitrogens with zero attached hydrogens (tertiary/aromatic N) is 3. The average Bonchev–Trinajstić information content (AvgIpc) is 3.05. The average molecular weight is 473 g/mol. The van der Waals surface area contributed by atoms with Gasteiger partial charge in [-0.3, -0.25) is 10.6 Å². The summed E-state index contributed by atoms with van der Waals surface area (Å²) in [6, 6.07) is 17.3. The maximum Gasteiger partial charge on any atom is 0.326 e. The van der Waals surface area contributed by atoms with Crippen LogP contribution < -0.4 is 10.6 Å². The second kappa shape index (κ2) is 8.98. The first-order valence-corrected chi connectivity index (χ1v) is 10.4. The number of anilines is 2. The fourth-order valence-electron chi connectivity index (χ4n) is 3.08. The summed E-state index contributed by atoms with van der Waals surface area (Å²) < 4.78 is 1.67. The van der Waals surface area contributed by atoms with Gasteiger partial charge in [-0.05, 0) is 49.4 Å². The van der Waals surface area contributed by atoms with Gasteiger partial charge in [-0.2, -0.15) is 0 Å². The van der Waals surface area contributed by atoms with Crippen LogP contribution in [-0.4, -0.2) is 20.8 Å². The highest BCUT2D eigenvalue weighted by Gasteiger charge is 2.20. The molecule has 2 heterocycles. The Balaban J connectivity index is 1.76. The quantitative estimate of drug-likeness (QED) is 0.341. The fourth-order valence-corrected chi connectivity index (χ4v) is 3.70. The van der Waals surface area contributed by atoms with Crippen LogP contribution in [0.1, 0.15) is 5.56 Å². The molecule has 0 fully saturated rings. The molecule has 4 aromatic rings. The van der Waals surface area contributed by atoms with Crippen LogP contribution in [0.5, 0.6) is 0 Å². The highest BCUT2D eigenvalue weighted by molar-refractivity contribution is 6.35. The van der Waals surface area contributed by atoms with Gasteiger partial charge < -0.3 is 0 Å². The molecular weight excluding hydrogens is 457 g/mol. The van der Waals surface area contributed by atoms with Crippen molar-refractivity contribution in [3.63, 3.8) is 0 Å². The van der Waals surface area contributed by atoms with E-state index in [-0.39, 0.29) is 0 Å². The summed E-state index contributed by atoms with van der Waals surface area (Å²) in [5.41, 5.74) is 2.99. The monoisotopic (exact) mass is 471 g/mol. The normalized spacial score (nSPS) is 10.7. The van der Waals surface area contributed by atoms with Crippen LogP contribution in [0.15, 0.2) is 66.9 Å². The van der Waals surface area contributed by atoms with E-state index in [2.05, 4.69) is 20.7 Å². The van der Waals surface area contributed by atoms with Gasteiger partial charge in [-0.25, -0.2) is 14.5 Å². The van der Waals surface area contributed by atoms with Crippen molar-refractivity contribution in [2.75, 3.05) is 10.6 Å². The van der Waals surface area contributed by atoms with Crippen LogP contribution in [0, 0.1) is 6.92 Å². The lowest BCUT2D eigenvalue weighted by Gasteiger charge is -2.10. The van der Waals surface area contributed by atoms with Crippen molar-refractivity contribution in [3.8, 4) is 16.9 Å². The molecule has 2 amide bonds. The Morgan fingerprint density at radius 1 is 0.935 bits per heavy atom. The van der Waals surface area contributed by atoms with Crippen molar-refractivity contribution in [2.45, 2.75) is 6.92 Å². The van der Waals surface area contributed by atoms with Crippen molar-refractivity contribution in [3.05, 3.63) is 87.5 Å². The number of hydrogen-bond acceptors (Lipinski definition) is 3. The third kappa shape index (κ3) is 4.66. The van der Waals surface area contributed by atoms with Gasteiger partial charge in [0.05, 0.1) is 16.4 Å². The summed E-state index contributed by atoms with van der Waals surface area (Å²) in [4.78, 5) is 16.6. The number of carbonyl (C=O) groups excluding carboxylic acids is 1. The van der Waals surface area contributed by atoms with Crippen molar-refractivity contribution in [1.29, 1.82) is 0 Å². The number of carbonyl (C=O) groups is 1. The standard InChI is InChI=1S/C22H16Cl3N5O/c1-13-20(14-5-7-15(23)8-6-14)30(18-10-9-16(24)12-17(18)25)29-21(13)28-22(31)27-19-4-2-3-11-26-19/h2-12H,1H3,(H2,26,27,28,29,31). The van der Waals surface area contributed by atoms with Crippen LogP contribution >= 0.6 is 34.8 Å². The molecule has 0 bridgehead atoms. The molecule has 0 aliphatic carbocycles. The molecular formula is C22H16Cl3N5O. The molecule has 0 spiro atoms. The Kier molecular flexibility index (Phi) is 6.13. The van der Waals surface area contributed by atoms with E-state index in [0.29, 0.717) is 32.4 Å². The molecule has 0 saturated heterocycles. The molecule has 31 heavy (non-hydrogen) atoms. The van der Waals surface area contributed by atoms with Crippen molar-refractivity contribution < 1.29 is 4.79 Å². The summed E-state index contributed by atoms with van der Waals surface area (Å²) in [5.74, 6) is 0.806. The molecule has 2 aromatic carbocycles. The molecule has 0 aliphatic rings. The van der Waals surface area contributed by atoms with Gasteiger partial charge in [0.2, 0.25) is 0 Å². The summed E-state index contributed by atoms with van der Waals surface area (Å²) in [7, 11) is 0. The molecule has 6 nitrogen and oxygen atoms in total. The predicted octanol–water partition coefficient (Wildman–Crippen LogP) is 6.85. The Morgan fingerprint density at radius 3 is 2.35 bits per heavy atom. The fraction of sp³-hybridized carbons (Fsp3) is 0.0455. The Bertz CT molecular complexity index is 1240. The second-order valence-corrected chi connectivity index (χ2v) is 7.91. The highest BCUT2D eigenvalue weighted by Crippen LogP contribution is 2.34. The molecule has 156 valence electrons. The zero-order valence-electron chi connectivity index (χ0n) is 16.2. The number of hydrogen-bond donors (Lipinski definition) is 2. The minimum absolute atomic E-state index is 0.379. The summed E-state index contributed by atoms with van der Waals surface area (Å²) >= 11 is 18.6. The number of aromatic nitrogens is 3. The smallest absolute Gasteiger partial charge is 0.292 e. The minimum Gasteiger partial charge on any atom is -0.292 e. The first-order valence-electron chi connectivity index (χ1n) is 9.22. The summed E-state index contributed by atoms with van der Waals surface area (Å²) in [5, 5.41) is 11.6. The maximum atomic E-state index is 12.5. The Labute approximate surface area is 193 Å². The maximum absolute atomic E-state index is 12.5. The molecule has 4 rings (SSSR count). The van der Waals surface area contributed by atoms with E-state index in [0.717, 1.165) is 16.8 Å². The highest BCUT2D eigenvalue weighted by atomic mass is 35.5. The SMILES string of the molecule is Cc1c(NC(=O)Nc2ccccn2)nn(-c2ccc(Cl)cc2Cl)c1-c1ccc(Cl)cc1. The van der Waals surface area contributed by atoms with E-state index in [1.165, 1.54) is 0 Å². The molecule has 0 unspecified atom stereocenters. The van der Waals surface area contributed by atoms with Gasteiger partial charge in [0, 0.05) is 27.4 Å². The van der Waals surface area contributed by atoms with Crippen LogP contribution in [-0.2, 0) is 0 Å². The summed E-state index contributed by atoms with van der Waals surface area (Å²) in [6.45, 7) is 1.87. The number of urea groups is 1. The van der Waals surface area contributed by atoms with Crippen LogP contribution in [0.4, 0.5) is 16.4 Å². The molecule has 0 aliphatic heterocycles. The number of pyridine rings is 1. The van der Waals surface area contributed by atoms with Gasteiger partial charge in [0.15, 0.2) is 5.82 Å². The third-order valence-corrected chi connectivity index (χ3v) is 5.31. The van der Waals surface area contributed by atoms with E-state index < -0.39 is 6.03 Å². The van der Waals surface area contributed by atoms with Gasteiger partial charge in [0.25, 0.3) is 0 Å². The zero-order valence-corrected chi connectivity index (χ0v) is 18.5. The van der Waals surface area contributed by atoms with Crippen LogP contribution in [0.25, 0.3) is 16.9 Å². The Morgan fingerprint density at radius 2 is 1.68 bits per heavy atom. The minimum atomic E-state index is -0.462. The lowest BCUT2D eigenvalue weighted by Crippen LogP contribution is -2.20. The largest absolute Gasteiger partial charge is 0.326 e. The molecule has 2 aromatic heterocycles. The van der Waals surface area contributed by atoms with E-state index >= 15 is 0 Å². The topological polar surface area (TPSA) is 71.8 Å². The lowest BCUT2D eigenvalue weighted by molar-refractivity contribution is 0.262. The van der Waals surface area contributed by atoms with Crippen molar-refractivity contribution in [2.24, 2.45) is 0 Å². The Hall–Kier alpha value is -3.06. The van der Waals surface area contributed by atoms with E-state index in [1.807, 2.05) is 19.1 Å². The van der Waals surface area contributed by atoms with Crippen molar-refractivity contribution >= 4 is 52.5 Å². The van der Waals surface area contributed by atoms with E-state index in [9.17, 15) is 4.79 Å². The second-order valence-electron chi connectivity index (χ2n) is 6.63. The first-order chi connectivity index (χ1) is 14.9. The predicted molar refractivity (Wildman–Crippen MR) is 126 cm³/mol. The van der Waals surface area contributed by atoms with E-state index in [4.69, 9.17) is 34.8 Å². The lowest BCUT2D eigenvalue weighted by atomic mass is 10.1. The number of benzene rings is 2. The van der Waals surface area contributed by atoms with Gasteiger partial charge in [-0.15, -0.1) is 5.10 Å². The number of nitrogens with one attached hydrogen (secondary N) is 2. The number of rotatable bonds is 4. The molecule has 0 radical (unpaired) electrons. The number of amides is 2. The van der Waals surface area contributed by atoms with E-state index in [1.54, 1.807) is 59.4 Å². The van der Waals surface area contributed by atoms with Gasteiger partial charge >= 0.3 is 6.03 Å². The van der Waals surface area contributed by atoms with Crippen LogP contribution in [0.2, 0.25) is 15.1 Å². The van der Waals surface area contributed by atoms with Crippen molar-refractivity contribution in [1.82, 2.24) is 14.8 Å². The molecule has 2 N–H and O–H groups in total. The number of halogens is 3. The molecule has 0 saturated carbocycles. The van der Waals surface area contributed by atoms with Gasteiger partial charge in [-0.1, -0.05) is 53.0 Å².